The van der Waals surface area contributed by atoms with E-state index < -0.39 is 5.56 Å². The first-order valence-electron chi connectivity index (χ1n) is 8.61. The molecule has 0 amide bonds. The highest BCUT2D eigenvalue weighted by molar-refractivity contribution is 6.43. The number of nitrogens with zero attached hydrogens (tertiary/aromatic N) is 2. The van der Waals surface area contributed by atoms with Crippen molar-refractivity contribution in [3.05, 3.63) is 72.4 Å². The van der Waals surface area contributed by atoms with Gasteiger partial charge in [-0.25, -0.2) is 0 Å². The minimum Gasteiger partial charge on any atom is -0.496 e. The van der Waals surface area contributed by atoms with Crippen LogP contribution in [0.15, 0.2) is 35.1 Å². The van der Waals surface area contributed by atoms with E-state index >= 15 is 0 Å². The van der Waals surface area contributed by atoms with Gasteiger partial charge in [0.15, 0.2) is 0 Å². The van der Waals surface area contributed by atoms with Crippen molar-refractivity contribution in [1.82, 2.24) is 4.98 Å². The molecule has 2 aromatic carbocycles. The molecule has 0 aliphatic heterocycles. The Morgan fingerprint density at radius 2 is 1.68 bits per heavy atom. The third kappa shape index (κ3) is 4.40. The van der Waals surface area contributed by atoms with E-state index in [-0.39, 0.29) is 39.2 Å². The Morgan fingerprint density at radius 1 is 1.00 bits per heavy atom. The maximum absolute atomic E-state index is 12.2. The van der Waals surface area contributed by atoms with Crippen LogP contribution in [0.4, 0.5) is 5.82 Å². The van der Waals surface area contributed by atoms with Gasteiger partial charge in [-0.05, 0) is 23.8 Å². The van der Waals surface area contributed by atoms with Crippen molar-refractivity contribution in [3.63, 3.8) is 0 Å². The van der Waals surface area contributed by atoms with E-state index in [0.717, 1.165) is 0 Å². The highest BCUT2D eigenvalue weighted by atomic mass is 35.5. The third-order valence-corrected chi connectivity index (χ3v) is 5.41. The molecule has 1 heterocycles. The molecule has 156 valence electrons. The second kappa shape index (κ2) is 9.20. The van der Waals surface area contributed by atoms with Gasteiger partial charge in [0.1, 0.15) is 47.2 Å². The number of nitrogen functional groups attached to an aromatic ring is 1. The third-order valence-electron chi connectivity index (χ3n) is 4.40. The van der Waals surface area contributed by atoms with Gasteiger partial charge < -0.3 is 20.2 Å². The summed E-state index contributed by atoms with van der Waals surface area (Å²) in [6, 6.07) is 11.6. The summed E-state index contributed by atoms with van der Waals surface area (Å²) >= 11 is 18.1. The molecule has 10 heteroatoms. The number of anilines is 1. The molecule has 7 nitrogen and oxygen atoms in total. The molecule has 0 atom stereocenters. The number of rotatable bonds is 5. The first-order valence-corrected chi connectivity index (χ1v) is 9.74. The van der Waals surface area contributed by atoms with E-state index in [0.29, 0.717) is 27.6 Å². The van der Waals surface area contributed by atoms with Crippen molar-refractivity contribution in [2.45, 2.75) is 6.61 Å². The van der Waals surface area contributed by atoms with Crippen LogP contribution < -0.4 is 20.8 Å². The lowest BCUT2D eigenvalue weighted by atomic mass is 9.95. The van der Waals surface area contributed by atoms with Gasteiger partial charge in [-0.3, -0.25) is 4.79 Å². The number of hydrogen-bond acceptors (Lipinski definition) is 6. The monoisotopic (exact) mass is 474 g/mol. The Balaban J connectivity index is 2.09. The second-order valence-corrected chi connectivity index (χ2v) is 7.45. The highest BCUT2D eigenvalue weighted by Crippen LogP contribution is 2.36. The van der Waals surface area contributed by atoms with Gasteiger partial charge in [0.2, 0.25) is 0 Å². The average Bonchev–Trinajstić information content (AvgIpc) is 2.74. The Labute approximate surface area is 192 Å². The molecule has 0 spiro atoms. The van der Waals surface area contributed by atoms with Gasteiger partial charge in [-0.1, -0.05) is 40.9 Å². The summed E-state index contributed by atoms with van der Waals surface area (Å²) in [4.78, 5) is 14.5. The fourth-order valence-corrected chi connectivity index (χ4v) is 3.54. The molecule has 0 bridgehead atoms. The van der Waals surface area contributed by atoms with E-state index in [1.807, 2.05) is 12.1 Å². The number of H-pyrrole nitrogens is 1. The average molecular weight is 476 g/mol. The molecule has 3 N–H and O–H groups in total. The van der Waals surface area contributed by atoms with Gasteiger partial charge >= 0.3 is 0 Å². The molecule has 3 aromatic rings. The fraction of sp³-hybridized carbons (Fsp3) is 0.0952. The maximum atomic E-state index is 12.2. The van der Waals surface area contributed by atoms with E-state index in [1.165, 1.54) is 19.2 Å². The molecule has 0 radical (unpaired) electrons. The maximum Gasteiger partial charge on any atom is 0.268 e. The van der Waals surface area contributed by atoms with Crippen LogP contribution in [0.1, 0.15) is 16.7 Å². The quantitative estimate of drug-likeness (QED) is 0.505. The van der Waals surface area contributed by atoms with Crippen LogP contribution in [0.3, 0.4) is 0 Å². The van der Waals surface area contributed by atoms with Gasteiger partial charge in [-0.15, -0.1) is 0 Å². The molecule has 0 fully saturated rings. The van der Waals surface area contributed by atoms with Gasteiger partial charge in [0.25, 0.3) is 5.56 Å². The van der Waals surface area contributed by atoms with Crippen LogP contribution in [-0.4, -0.2) is 12.1 Å². The zero-order chi connectivity index (χ0) is 22.7. The van der Waals surface area contributed by atoms with Crippen LogP contribution in [0.5, 0.6) is 11.5 Å². The van der Waals surface area contributed by atoms with E-state index in [2.05, 4.69) is 4.98 Å². The van der Waals surface area contributed by atoms with Crippen LogP contribution in [0.25, 0.3) is 11.1 Å². The lowest BCUT2D eigenvalue weighted by Crippen LogP contribution is -2.16. The van der Waals surface area contributed by atoms with E-state index in [4.69, 9.17) is 50.0 Å². The summed E-state index contributed by atoms with van der Waals surface area (Å²) in [6.45, 7) is 0.0111. The Kier molecular flexibility index (Phi) is 6.62. The minimum absolute atomic E-state index is 0.0111. The first kappa shape index (κ1) is 22.3. The van der Waals surface area contributed by atoms with Crippen molar-refractivity contribution in [3.8, 4) is 34.8 Å². The highest BCUT2D eigenvalue weighted by Gasteiger charge is 2.19. The number of nitriles is 2. The Hall–Kier alpha value is -3.36. The number of benzene rings is 2. The number of aromatic nitrogens is 1. The largest absolute Gasteiger partial charge is 0.496 e. The van der Waals surface area contributed by atoms with Crippen LogP contribution in [0.2, 0.25) is 15.1 Å². The summed E-state index contributed by atoms with van der Waals surface area (Å²) in [5.41, 5.74) is 5.97. The zero-order valence-corrected chi connectivity index (χ0v) is 18.2. The van der Waals surface area contributed by atoms with Gasteiger partial charge in [-0.2, -0.15) is 10.5 Å². The molecule has 0 saturated carbocycles. The predicted octanol–water partition coefficient (Wildman–Crippen LogP) is 4.92. The van der Waals surface area contributed by atoms with Crippen molar-refractivity contribution in [1.29, 1.82) is 10.5 Å². The van der Waals surface area contributed by atoms with Crippen molar-refractivity contribution in [2.75, 3.05) is 12.8 Å². The summed E-state index contributed by atoms with van der Waals surface area (Å²) in [5, 5.41) is 19.8. The van der Waals surface area contributed by atoms with Crippen molar-refractivity contribution >= 4 is 40.6 Å². The van der Waals surface area contributed by atoms with E-state index in [9.17, 15) is 15.3 Å². The standard InChI is InChI=1S/C21H13Cl3N4O3/c1-30-17-3-2-10(19-12(7-25)20(27)28-21(29)13(19)8-26)4-11(17)9-31-18-6-15(23)14(22)5-16(18)24/h2-6H,9H2,1H3,(H3,27,28,29). The lowest BCUT2D eigenvalue weighted by Gasteiger charge is -2.15. The molecule has 0 aliphatic rings. The van der Waals surface area contributed by atoms with Crippen LogP contribution in [0, 0.1) is 22.7 Å². The van der Waals surface area contributed by atoms with Crippen molar-refractivity contribution < 1.29 is 9.47 Å². The van der Waals surface area contributed by atoms with Crippen LogP contribution >= 0.6 is 34.8 Å². The Bertz CT molecular complexity index is 1320. The molecule has 0 saturated heterocycles. The lowest BCUT2D eigenvalue weighted by molar-refractivity contribution is 0.297. The normalized spacial score (nSPS) is 10.3. The molecule has 31 heavy (non-hydrogen) atoms. The number of nitrogens with one attached hydrogen (secondary N) is 1. The van der Waals surface area contributed by atoms with E-state index in [1.54, 1.807) is 18.2 Å². The molecule has 0 aliphatic carbocycles. The molecule has 1 aromatic heterocycles. The number of halogens is 3. The SMILES string of the molecule is COc1ccc(-c2c(C#N)c(N)[nH]c(=O)c2C#N)cc1COc1cc(Cl)c(Cl)cc1Cl. The van der Waals surface area contributed by atoms with Crippen molar-refractivity contribution in [2.24, 2.45) is 0 Å². The summed E-state index contributed by atoms with van der Waals surface area (Å²) in [6.07, 6.45) is 0. The second-order valence-electron chi connectivity index (χ2n) is 6.23. The first-order chi connectivity index (χ1) is 14.8. The number of ether oxygens (including phenoxy) is 2. The number of nitrogens with two attached hydrogens (primary N) is 1. The molecular weight excluding hydrogens is 463 g/mol. The Morgan fingerprint density at radius 3 is 2.32 bits per heavy atom. The number of hydrogen-bond donors (Lipinski definition) is 2. The predicted molar refractivity (Wildman–Crippen MR) is 119 cm³/mol. The van der Waals surface area contributed by atoms with Gasteiger partial charge in [0.05, 0.1) is 22.2 Å². The molecule has 0 unspecified atom stereocenters. The molecular formula is C21H13Cl3N4O3. The number of methoxy groups -OCH3 is 1. The minimum atomic E-state index is -0.690. The zero-order valence-electron chi connectivity index (χ0n) is 15.9. The van der Waals surface area contributed by atoms with Gasteiger partial charge in [0, 0.05) is 17.2 Å². The number of aromatic amines is 1. The van der Waals surface area contributed by atoms with Crippen LogP contribution in [-0.2, 0) is 6.61 Å². The number of pyridine rings is 1. The summed E-state index contributed by atoms with van der Waals surface area (Å²) in [7, 11) is 1.48. The topological polar surface area (TPSA) is 125 Å². The summed E-state index contributed by atoms with van der Waals surface area (Å²) < 4.78 is 11.2. The summed E-state index contributed by atoms with van der Waals surface area (Å²) in [5.74, 6) is 0.659. The fourth-order valence-electron chi connectivity index (χ4n) is 2.95. The molecule has 3 rings (SSSR count). The smallest absolute Gasteiger partial charge is 0.268 e.